The molecule has 0 spiro atoms. The van der Waals surface area contributed by atoms with Crippen LogP contribution in [-0.2, 0) is 14.4 Å². The van der Waals surface area contributed by atoms with Gasteiger partial charge in [0.2, 0.25) is 11.8 Å². The normalized spacial score (nSPS) is 18.7. The van der Waals surface area contributed by atoms with Gasteiger partial charge in [-0.05, 0) is 26.0 Å². The standard InChI is InChI=1S/C14H18N2O3/c1-3-19-15-14(18)11-8-13(17)16(9-11)12-6-4-10(2)5-7-12/h4-7,11H,3,8-9H2,1-2H3,(H,15,18). The summed E-state index contributed by atoms with van der Waals surface area (Å²) in [5.41, 5.74) is 4.33. The molecule has 0 saturated carbocycles. The van der Waals surface area contributed by atoms with E-state index in [-0.39, 0.29) is 24.2 Å². The van der Waals surface area contributed by atoms with Crippen LogP contribution in [0.2, 0.25) is 0 Å². The Morgan fingerprint density at radius 1 is 1.42 bits per heavy atom. The Hall–Kier alpha value is -1.88. The predicted octanol–water partition coefficient (Wildman–Crippen LogP) is 1.42. The smallest absolute Gasteiger partial charge is 0.248 e. The van der Waals surface area contributed by atoms with E-state index in [0.29, 0.717) is 13.2 Å². The van der Waals surface area contributed by atoms with Gasteiger partial charge in [-0.3, -0.25) is 14.4 Å². The molecule has 1 fully saturated rings. The van der Waals surface area contributed by atoms with Gasteiger partial charge in [-0.2, -0.15) is 0 Å². The molecule has 1 atom stereocenters. The number of nitrogens with zero attached hydrogens (tertiary/aromatic N) is 1. The number of hydroxylamine groups is 1. The van der Waals surface area contributed by atoms with Gasteiger partial charge in [0, 0.05) is 18.7 Å². The highest BCUT2D eigenvalue weighted by molar-refractivity contribution is 6.00. The minimum atomic E-state index is -0.347. The van der Waals surface area contributed by atoms with Crippen LogP contribution in [0.1, 0.15) is 18.9 Å². The molecule has 1 N–H and O–H groups in total. The Morgan fingerprint density at radius 2 is 2.11 bits per heavy atom. The third-order valence-corrected chi connectivity index (χ3v) is 3.16. The van der Waals surface area contributed by atoms with Crippen molar-refractivity contribution in [3.05, 3.63) is 29.8 Å². The van der Waals surface area contributed by atoms with Crippen LogP contribution < -0.4 is 10.4 Å². The van der Waals surface area contributed by atoms with E-state index < -0.39 is 0 Å². The fourth-order valence-corrected chi connectivity index (χ4v) is 2.08. The summed E-state index contributed by atoms with van der Waals surface area (Å²) in [5, 5.41) is 0. The maximum absolute atomic E-state index is 12.0. The zero-order valence-electron chi connectivity index (χ0n) is 11.2. The molecular weight excluding hydrogens is 244 g/mol. The fourth-order valence-electron chi connectivity index (χ4n) is 2.08. The van der Waals surface area contributed by atoms with Gasteiger partial charge < -0.3 is 4.90 Å². The van der Waals surface area contributed by atoms with E-state index in [1.807, 2.05) is 31.2 Å². The maximum Gasteiger partial charge on any atom is 0.248 e. The first-order valence-corrected chi connectivity index (χ1v) is 6.40. The number of anilines is 1. The molecule has 19 heavy (non-hydrogen) atoms. The lowest BCUT2D eigenvalue weighted by atomic mass is 10.1. The molecule has 1 aromatic rings. The SMILES string of the molecule is CCONC(=O)C1CC(=O)N(c2ccc(C)cc2)C1. The number of benzene rings is 1. The van der Waals surface area contributed by atoms with Gasteiger partial charge in [-0.1, -0.05) is 17.7 Å². The highest BCUT2D eigenvalue weighted by atomic mass is 16.6. The molecule has 5 nitrogen and oxygen atoms in total. The van der Waals surface area contributed by atoms with Crippen LogP contribution in [0.3, 0.4) is 0 Å². The van der Waals surface area contributed by atoms with Crippen LogP contribution in [0.15, 0.2) is 24.3 Å². The number of aryl methyl sites for hydroxylation is 1. The van der Waals surface area contributed by atoms with Gasteiger partial charge >= 0.3 is 0 Å². The van der Waals surface area contributed by atoms with Crippen molar-refractivity contribution in [1.29, 1.82) is 0 Å². The molecule has 1 heterocycles. The Kier molecular flexibility index (Phi) is 4.16. The summed E-state index contributed by atoms with van der Waals surface area (Å²) in [5.74, 6) is -0.606. The molecule has 2 rings (SSSR count). The van der Waals surface area contributed by atoms with Crippen molar-refractivity contribution < 1.29 is 14.4 Å². The van der Waals surface area contributed by atoms with Gasteiger partial charge in [0.1, 0.15) is 0 Å². The van der Waals surface area contributed by atoms with Crippen LogP contribution >= 0.6 is 0 Å². The first-order valence-electron chi connectivity index (χ1n) is 6.40. The van der Waals surface area contributed by atoms with E-state index in [1.54, 1.807) is 11.8 Å². The van der Waals surface area contributed by atoms with E-state index in [9.17, 15) is 9.59 Å². The molecule has 0 bridgehead atoms. The fraction of sp³-hybridized carbons (Fsp3) is 0.429. The van der Waals surface area contributed by atoms with Gasteiger partial charge in [0.15, 0.2) is 0 Å². The van der Waals surface area contributed by atoms with Gasteiger partial charge in [0.25, 0.3) is 0 Å². The van der Waals surface area contributed by atoms with Crippen molar-refractivity contribution >= 4 is 17.5 Å². The summed E-state index contributed by atoms with van der Waals surface area (Å²) in [4.78, 5) is 30.2. The number of amides is 2. The number of hydrogen-bond donors (Lipinski definition) is 1. The number of carbonyl (C=O) groups excluding carboxylic acids is 2. The zero-order valence-corrected chi connectivity index (χ0v) is 11.2. The topological polar surface area (TPSA) is 58.6 Å². The van der Waals surface area contributed by atoms with Gasteiger partial charge in [-0.15, -0.1) is 0 Å². The van der Waals surface area contributed by atoms with Crippen molar-refractivity contribution in [2.45, 2.75) is 20.3 Å². The Bertz CT molecular complexity index is 470. The predicted molar refractivity (Wildman–Crippen MR) is 71.4 cm³/mol. The lowest BCUT2D eigenvalue weighted by Crippen LogP contribution is -2.33. The molecule has 1 unspecified atom stereocenters. The molecule has 0 radical (unpaired) electrons. The summed E-state index contributed by atoms with van der Waals surface area (Å²) in [6.07, 6.45) is 0.229. The second-order valence-corrected chi connectivity index (χ2v) is 4.64. The molecule has 0 aromatic heterocycles. The summed E-state index contributed by atoms with van der Waals surface area (Å²) in [6, 6.07) is 7.71. The minimum Gasteiger partial charge on any atom is -0.312 e. The van der Waals surface area contributed by atoms with Crippen molar-refractivity contribution in [1.82, 2.24) is 5.48 Å². The van der Waals surface area contributed by atoms with Crippen molar-refractivity contribution in [3.8, 4) is 0 Å². The summed E-state index contributed by atoms with van der Waals surface area (Å²) in [6.45, 7) is 4.60. The van der Waals surface area contributed by atoms with E-state index in [1.165, 1.54) is 0 Å². The summed E-state index contributed by atoms with van der Waals surface area (Å²) >= 11 is 0. The molecule has 1 aliphatic rings. The molecule has 0 aliphatic carbocycles. The number of nitrogens with one attached hydrogen (secondary N) is 1. The monoisotopic (exact) mass is 262 g/mol. The molecule has 1 saturated heterocycles. The second kappa shape index (κ2) is 5.84. The van der Waals surface area contributed by atoms with Crippen LogP contribution in [-0.4, -0.2) is 25.0 Å². The quantitative estimate of drug-likeness (QED) is 0.835. The Labute approximate surface area is 112 Å². The lowest BCUT2D eigenvalue weighted by Gasteiger charge is -2.16. The van der Waals surface area contributed by atoms with Crippen molar-refractivity contribution in [3.63, 3.8) is 0 Å². The molecule has 1 aliphatic heterocycles. The number of carbonyl (C=O) groups is 2. The van der Waals surface area contributed by atoms with E-state index >= 15 is 0 Å². The van der Waals surface area contributed by atoms with Crippen LogP contribution in [0, 0.1) is 12.8 Å². The average Bonchev–Trinajstić information content (AvgIpc) is 2.79. The first kappa shape index (κ1) is 13.5. The third-order valence-electron chi connectivity index (χ3n) is 3.16. The van der Waals surface area contributed by atoms with Gasteiger partial charge in [0.05, 0.1) is 12.5 Å². The van der Waals surface area contributed by atoms with Gasteiger partial charge in [-0.25, -0.2) is 5.48 Å². The van der Waals surface area contributed by atoms with Crippen molar-refractivity contribution in [2.24, 2.45) is 5.92 Å². The minimum absolute atomic E-state index is 0.0273. The Balaban J connectivity index is 2.03. The third kappa shape index (κ3) is 3.12. The van der Waals surface area contributed by atoms with E-state index in [4.69, 9.17) is 4.84 Å². The van der Waals surface area contributed by atoms with Crippen LogP contribution in [0.4, 0.5) is 5.69 Å². The first-order chi connectivity index (χ1) is 9.11. The van der Waals surface area contributed by atoms with E-state index in [0.717, 1.165) is 11.3 Å². The molecule has 1 aromatic carbocycles. The van der Waals surface area contributed by atoms with E-state index in [2.05, 4.69) is 5.48 Å². The van der Waals surface area contributed by atoms with Crippen LogP contribution in [0.5, 0.6) is 0 Å². The summed E-state index contributed by atoms with van der Waals surface area (Å²) < 4.78 is 0. The molecular formula is C14H18N2O3. The molecule has 5 heteroatoms. The number of rotatable bonds is 4. The molecule has 102 valence electrons. The zero-order chi connectivity index (χ0) is 13.8. The average molecular weight is 262 g/mol. The maximum atomic E-state index is 12.0. The van der Waals surface area contributed by atoms with Crippen molar-refractivity contribution in [2.75, 3.05) is 18.1 Å². The Morgan fingerprint density at radius 3 is 2.74 bits per heavy atom. The molecule has 2 amide bonds. The second-order valence-electron chi connectivity index (χ2n) is 4.64. The number of hydrogen-bond acceptors (Lipinski definition) is 3. The highest BCUT2D eigenvalue weighted by Gasteiger charge is 2.35. The lowest BCUT2D eigenvalue weighted by molar-refractivity contribution is -0.137. The highest BCUT2D eigenvalue weighted by Crippen LogP contribution is 2.25. The summed E-state index contributed by atoms with van der Waals surface area (Å²) in [7, 11) is 0. The van der Waals surface area contributed by atoms with Crippen LogP contribution in [0.25, 0.3) is 0 Å². The largest absolute Gasteiger partial charge is 0.312 e.